The first-order valence-electron chi connectivity index (χ1n) is 5.27. The second kappa shape index (κ2) is 3.23. The van der Waals surface area contributed by atoms with Crippen LogP contribution in [0.3, 0.4) is 0 Å². The second-order valence-electron chi connectivity index (χ2n) is 3.95. The Hall–Kier alpha value is -2.03. The number of aryl methyl sites for hydroxylation is 2. The lowest BCUT2D eigenvalue weighted by molar-refractivity contribution is 0.451. The van der Waals surface area contributed by atoms with Crippen molar-refractivity contribution >= 4 is 11.0 Å². The van der Waals surface area contributed by atoms with Crippen molar-refractivity contribution in [1.82, 2.24) is 9.72 Å². The molecule has 2 heterocycles. The first-order chi connectivity index (χ1) is 7.77. The van der Waals surface area contributed by atoms with Gasteiger partial charge in [0.25, 0.3) is 0 Å². The smallest absolute Gasteiger partial charge is 0.188 e. The van der Waals surface area contributed by atoms with Gasteiger partial charge in [0, 0.05) is 11.4 Å². The standard InChI is InChI=1S/C13H12N2O/c1-9-7-8-10(2)15(9)13-11-5-3-4-6-12(11)16-14-13/h3-8H,1-2H3. The maximum atomic E-state index is 5.31. The Morgan fingerprint density at radius 2 is 1.69 bits per heavy atom. The minimum Gasteiger partial charge on any atom is -0.354 e. The Labute approximate surface area is 93.3 Å². The lowest BCUT2D eigenvalue weighted by atomic mass is 10.2. The highest BCUT2D eigenvalue weighted by Gasteiger charge is 2.12. The van der Waals surface area contributed by atoms with Gasteiger partial charge in [-0.2, -0.15) is 0 Å². The second-order valence-corrected chi connectivity index (χ2v) is 3.95. The molecule has 0 aliphatic heterocycles. The van der Waals surface area contributed by atoms with E-state index in [0.717, 1.165) is 28.2 Å². The summed E-state index contributed by atoms with van der Waals surface area (Å²) in [7, 11) is 0. The third-order valence-electron chi connectivity index (χ3n) is 2.84. The quantitative estimate of drug-likeness (QED) is 0.620. The van der Waals surface area contributed by atoms with Crippen molar-refractivity contribution in [2.45, 2.75) is 13.8 Å². The third kappa shape index (κ3) is 1.18. The first kappa shape index (κ1) is 9.21. The van der Waals surface area contributed by atoms with Gasteiger partial charge in [-0.3, -0.25) is 4.57 Å². The Balaban J connectivity index is 2.35. The fourth-order valence-corrected chi connectivity index (χ4v) is 2.04. The highest BCUT2D eigenvalue weighted by Crippen LogP contribution is 2.24. The highest BCUT2D eigenvalue weighted by atomic mass is 16.5. The van der Waals surface area contributed by atoms with E-state index in [-0.39, 0.29) is 0 Å². The maximum absolute atomic E-state index is 5.31. The normalized spacial score (nSPS) is 11.1. The number of fused-ring (bicyclic) bond motifs is 1. The van der Waals surface area contributed by atoms with Crippen LogP contribution in [0.4, 0.5) is 0 Å². The molecule has 0 aliphatic carbocycles. The first-order valence-corrected chi connectivity index (χ1v) is 5.27. The van der Waals surface area contributed by atoms with E-state index < -0.39 is 0 Å². The van der Waals surface area contributed by atoms with Crippen LogP contribution in [0.5, 0.6) is 0 Å². The Morgan fingerprint density at radius 1 is 1.00 bits per heavy atom. The molecule has 0 saturated carbocycles. The van der Waals surface area contributed by atoms with E-state index in [4.69, 9.17) is 4.52 Å². The summed E-state index contributed by atoms with van der Waals surface area (Å²) >= 11 is 0. The van der Waals surface area contributed by atoms with Crippen LogP contribution in [-0.2, 0) is 0 Å². The summed E-state index contributed by atoms with van der Waals surface area (Å²) in [5, 5.41) is 5.19. The fourth-order valence-electron chi connectivity index (χ4n) is 2.04. The summed E-state index contributed by atoms with van der Waals surface area (Å²) in [5.74, 6) is 0.871. The molecule has 0 saturated heterocycles. The van der Waals surface area contributed by atoms with E-state index in [0.29, 0.717) is 0 Å². The molecule has 0 radical (unpaired) electrons. The van der Waals surface area contributed by atoms with E-state index in [1.165, 1.54) is 0 Å². The Bertz CT molecular complexity index is 629. The molecule has 2 aromatic heterocycles. The molecule has 0 amide bonds. The molecular weight excluding hydrogens is 200 g/mol. The Kier molecular flexibility index (Phi) is 1.86. The zero-order chi connectivity index (χ0) is 11.1. The van der Waals surface area contributed by atoms with Gasteiger partial charge in [0.2, 0.25) is 0 Å². The molecule has 16 heavy (non-hydrogen) atoms. The van der Waals surface area contributed by atoms with Crippen LogP contribution in [0, 0.1) is 13.8 Å². The van der Waals surface area contributed by atoms with Crippen molar-refractivity contribution in [2.75, 3.05) is 0 Å². The van der Waals surface area contributed by atoms with Crippen molar-refractivity contribution in [3.05, 3.63) is 47.8 Å². The maximum Gasteiger partial charge on any atom is 0.188 e. The molecule has 0 spiro atoms. The van der Waals surface area contributed by atoms with E-state index >= 15 is 0 Å². The van der Waals surface area contributed by atoms with Gasteiger partial charge in [-0.1, -0.05) is 17.3 Å². The number of para-hydroxylation sites is 1. The van der Waals surface area contributed by atoms with Gasteiger partial charge in [-0.05, 0) is 38.1 Å². The molecule has 0 fully saturated rings. The van der Waals surface area contributed by atoms with Crippen LogP contribution >= 0.6 is 0 Å². The number of hydrogen-bond acceptors (Lipinski definition) is 2. The third-order valence-corrected chi connectivity index (χ3v) is 2.84. The van der Waals surface area contributed by atoms with E-state index in [1.807, 2.05) is 24.3 Å². The van der Waals surface area contributed by atoms with Gasteiger partial charge in [-0.15, -0.1) is 0 Å². The zero-order valence-corrected chi connectivity index (χ0v) is 9.27. The van der Waals surface area contributed by atoms with Gasteiger partial charge in [0.05, 0.1) is 5.39 Å². The topological polar surface area (TPSA) is 31.0 Å². The summed E-state index contributed by atoms with van der Waals surface area (Å²) in [4.78, 5) is 0. The van der Waals surface area contributed by atoms with Crippen LogP contribution in [0.15, 0.2) is 40.9 Å². The number of nitrogens with zero attached hydrogens (tertiary/aromatic N) is 2. The molecule has 3 aromatic rings. The van der Waals surface area contributed by atoms with Gasteiger partial charge in [0.1, 0.15) is 0 Å². The number of hydrogen-bond donors (Lipinski definition) is 0. The molecule has 3 nitrogen and oxygen atoms in total. The van der Waals surface area contributed by atoms with E-state index in [9.17, 15) is 0 Å². The number of aromatic nitrogens is 2. The SMILES string of the molecule is Cc1ccc(C)n1-c1noc2ccccc12. The fraction of sp³-hybridized carbons (Fsp3) is 0.154. The van der Waals surface area contributed by atoms with Crippen molar-refractivity contribution in [3.8, 4) is 5.82 Å². The van der Waals surface area contributed by atoms with Crippen LogP contribution in [-0.4, -0.2) is 9.72 Å². The molecule has 3 rings (SSSR count). The molecule has 0 aliphatic rings. The van der Waals surface area contributed by atoms with Crippen LogP contribution in [0.1, 0.15) is 11.4 Å². The van der Waals surface area contributed by atoms with Crippen LogP contribution in [0.2, 0.25) is 0 Å². The number of benzene rings is 1. The van der Waals surface area contributed by atoms with Crippen molar-refractivity contribution in [3.63, 3.8) is 0 Å². The van der Waals surface area contributed by atoms with Gasteiger partial charge < -0.3 is 4.52 Å². The number of rotatable bonds is 1. The summed E-state index contributed by atoms with van der Waals surface area (Å²) < 4.78 is 7.41. The van der Waals surface area contributed by atoms with E-state index in [2.05, 4.69) is 35.7 Å². The van der Waals surface area contributed by atoms with Gasteiger partial charge >= 0.3 is 0 Å². The lowest BCUT2D eigenvalue weighted by Crippen LogP contribution is -1.99. The molecule has 80 valence electrons. The van der Waals surface area contributed by atoms with Gasteiger partial charge in [0.15, 0.2) is 11.4 Å². The lowest BCUT2D eigenvalue weighted by Gasteiger charge is -2.04. The minimum absolute atomic E-state index is 0.824. The molecular formula is C13H12N2O. The molecule has 0 atom stereocenters. The summed E-state index contributed by atoms with van der Waals surface area (Å²) in [6, 6.07) is 12.1. The molecule has 0 N–H and O–H groups in total. The van der Waals surface area contributed by atoms with E-state index in [1.54, 1.807) is 0 Å². The van der Waals surface area contributed by atoms with Crippen molar-refractivity contribution < 1.29 is 4.52 Å². The highest BCUT2D eigenvalue weighted by molar-refractivity contribution is 5.84. The predicted octanol–water partition coefficient (Wildman–Crippen LogP) is 3.24. The zero-order valence-electron chi connectivity index (χ0n) is 9.27. The molecule has 1 aromatic carbocycles. The largest absolute Gasteiger partial charge is 0.354 e. The minimum atomic E-state index is 0.824. The Morgan fingerprint density at radius 3 is 2.44 bits per heavy atom. The van der Waals surface area contributed by atoms with Crippen molar-refractivity contribution in [1.29, 1.82) is 0 Å². The summed E-state index contributed by atoms with van der Waals surface area (Å²) in [6.45, 7) is 4.13. The van der Waals surface area contributed by atoms with Gasteiger partial charge in [-0.25, -0.2) is 0 Å². The van der Waals surface area contributed by atoms with Crippen LogP contribution in [0.25, 0.3) is 16.8 Å². The monoisotopic (exact) mass is 212 g/mol. The summed E-state index contributed by atoms with van der Waals surface area (Å²) in [6.07, 6.45) is 0. The molecule has 3 heteroatoms. The average molecular weight is 212 g/mol. The molecule has 0 bridgehead atoms. The predicted molar refractivity (Wildman–Crippen MR) is 62.8 cm³/mol. The molecule has 0 unspecified atom stereocenters. The van der Waals surface area contributed by atoms with Crippen LogP contribution < -0.4 is 0 Å². The summed E-state index contributed by atoms with van der Waals surface area (Å²) in [5.41, 5.74) is 3.15. The van der Waals surface area contributed by atoms with Crippen molar-refractivity contribution in [2.24, 2.45) is 0 Å². The average Bonchev–Trinajstić information content (AvgIpc) is 2.83.